The Labute approximate surface area is 220 Å². The fraction of sp³-hybridized carbons (Fsp3) is 0.194. The van der Waals surface area contributed by atoms with Crippen molar-refractivity contribution in [3.05, 3.63) is 108 Å². The van der Waals surface area contributed by atoms with Crippen molar-refractivity contribution >= 4 is 17.3 Å². The van der Waals surface area contributed by atoms with Gasteiger partial charge in [0.2, 0.25) is 0 Å². The first-order chi connectivity index (χ1) is 18.6. The summed E-state index contributed by atoms with van der Waals surface area (Å²) in [5.74, 6) is 0.382. The number of ketones is 1. The van der Waals surface area contributed by atoms with Gasteiger partial charge in [-0.25, -0.2) is 4.98 Å². The molecule has 1 aliphatic rings. The lowest BCUT2D eigenvalue weighted by atomic mass is 10.0. The van der Waals surface area contributed by atoms with Crippen LogP contribution in [0.5, 0.6) is 0 Å². The van der Waals surface area contributed by atoms with E-state index in [-0.39, 0.29) is 11.7 Å². The van der Waals surface area contributed by atoms with Gasteiger partial charge in [-0.1, -0.05) is 54.6 Å². The van der Waals surface area contributed by atoms with Crippen LogP contribution in [-0.4, -0.2) is 57.1 Å². The highest BCUT2D eigenvalue weighted by molar-refractivity contribution is 5.94. The Morgan fingerprint density at radius 1 is 0.816 bits per heavy atom. The first-order valence-electron chi connectivity index (χ1n) is 12.8. The molecular formula is C31H28N4O3. The molecule has 1 amide bonds. The van der Waals surface area contributed by atoms with E-state index >= 15 is 0 Å². The van der Waals surface area contributed by atoms with Crippen LogP contribution in [0.25, 0.3) is 28.0 Å². The molecule has 5 aromatic rings. The maximum Gasteiger partial charge on any atom is 0.289 e. The Bertz CT molecular complexity index is 1580. The molecule has 0 atom stereocenters. The van der Waals surface area contributed by atoms with Gasteiger partial charge in [-0.05, 0) is 42.3 Å². The molecule has 2 aromatic carbocycles. The number of amides is 1. The van der Waals surface area contributed by atoms with E-state index in [2.05, 4.69) is 33.7 Å². The Morgan fingerprint density at radius 2 is 1.55 bits per heavy atom. The molecule has 1 aliphatic heterocycles. The van der Waals surface area contributed by atoms with Gasteiger partial charge in [-0.2, -0.15) is 0 Å². The number of hydrogen-bond acceptors (Lipinski definition) is 5. The van der Waals surface area contributed by atoms with Gasteiger partial charge in [0.1, 0.15) is 5.65 Å². The van der Waals surface area contributed by atoms with Gasteiger partial charge >= 0.3 is 0 Å². The molecule has 0 unspecified atom stereocenters. The number of carbonyl (C=O) groups is 2. The Balaban J connectivity index is 1.31. The standard InChI is InChI=1S/C31H28N4O3/c1-22(36)23-9-11-24(12-10-23)26-13-14-29-32-30(25-6-3-2-4-7-25)27(35(29)20-26)21-33-15-17-34(18-16-33)31(37)28-8-5-19-38-28/h2-14,19-20H,15-18,21H2,1H3. The molecule has 1 saturated heterocycles. The second kappa shape index (κ2) is 10.1. The lowest BCUT2D eigenvalue weighted by Crippen LogP contribution is -2.48. The first kappa shape index (κ1) is 23.9. The number of Topliss-reactive ketones (excluding diaryl/α,β-unsaturated/α-hetero) is 1. The third-order valence-corrected chi connectivity index (χ3v) is 7.15. The number of hydrogen-bond donors (Lipinski definition) is 0. The smallest absolute Gasteiger partial charge is 0.289 e. The number of nitrogens with zero attached hydrogens (tertiary/aromatic N) is 4. The van der Waals surface area contributed by atoms with Crippen LogP contribution < -0.4 is 0 Å². The van der Waals surface area contributed by atoms with Gasteiger partial charge in [0, 0.05) is 50.0 Å². The van der Waals surface area contributed by atoms with Crippen molar-refractivity contribution in [2.24, 2.45) is 0 Å². The zero-order valence-corrected chi connectivity index (χ0v) is 21.2. The van der Waals surface area contributed by atoms with Crippen molar-refractivity contribution in [2.75, 3.05) is 26.2 Å². The van der Waals surface area contributed by atoms with E-state index in [1.807, 2.05) is 53.4 Å². The predicted molar refractivity (Wildman–Crippen MR) is 146 cm³/mol. The molecule has 3 aromatic heterocycles. The molecule has 0 radical (unpaired) electrons. The van der Waals surface area contributed by atoms with E-state index in [1.54, 1.807) is 19.1 Å². The van der Waals surface area contributed by atoms with Crippen LogP contribution in [0.15, 0.2) is 95.7 Å². The van der Waals surface area contributed by atoms with Crippen LogP contribution in [0.3, 0.4) is 0 Å². The average Bonchev–Trinajstić information content (AvgIpc) is 3.62. The fourth-order valence-corrected chi connectivity index (χ4v) is 5.02. The van der Waals surface area contributed by atoms with Crippen LogP contribution in [0.1, 0.15) is 33.5 Å². The average molecular weight is 505 g/mol. The summed E-state index contributed by atoms with van der Waals surface area (Å²) >= 11 is 0. The van der Waals surface area contributed by atoms with E-state index in [0.29, 0.717) is 31.0 Å². The van der Waals surface area contributed by atoms with Gasteiger partial charge in [-0.3, -0.25) is 14.5 Å². The largest absolute Gasteiger partial charge is 0.459 e. The molecule has 0 bridgehead atoms. The second-order valence-electron chi connectivity index (χ2n) is 9.60. The summed E-state index contributed by atoms with van der Waals surface area (Å²) in [4.78, 5) is 33.7. The minimum absolute atomic E-state index is 0.0577. The first-order valence-corrected chi connectivity index (χ1v) is 12.8. The lowest BCUT2D eigenvalue weighted by molar-refractivity contribution is 0.0596. The van der Waals surface area contributed by atoms with Crippen LogP contribution >= 0.6 is 0 Å². The SMILES string of the molecule is CC(=O)c1ccc(-c2ccc3nc(-c4ccccc4)c(CN4CCN(C(=O)c5ccco5)CC4)n3c2)cc1. The van der Waals surface area contributed by atoms with Crippen molar-refractivity contribution in [1.82, 2.24) is 19.2 Å². The highest BCUT2D eigenvalue weighted by Gasteiger charge is 2.25. The maximum absolute atomic E-state index is 12.7. The van der Waals surface area contributed by atoms with Crippen LogP contribution in [0.2, 0.25) is 0 Å². The topological polar surface area (TPSA) is 71.1 Å². The number of fused-ring (bicyclic) bond motifs is 1. The van der Waals surface area contributed by atoms with E-state index < -0.39 is 0 Å². The van der Waals surface area contributed by atoms with Crippen LogP contribution in [0.4, 0.5) is 0 Å². The van der Waals surface area contributed by atoms with Gasteiger partial charge in [0.05, 0.1) is 17.7 Å². The zero-order chi connectivity index (χ0) is 26.1. The molecule has 38 heavy (non-hydrogen) atoms. The summed E-state index contributed by atoms with van der Waals surface area (Å²) < 4.78 is 7.48. The lowest BCUT2D eigenvalue weighted by Gasteiger charge is -2.34. The van der Waals surface area contributed by atoms with E-state index in [1.165, 1.54) is 6.26 Å². The van der Waals surface area contributed by atoms with Crippen molar-refractivity contribution in [2.45, 2.75) is 13.5 Å². The van der Waals surface area contributed by atoms with Crippen LogP contribution in [0, 0.1) is 0 Å². The zero-order valence-electron chi connectivity index (χ0n) is 21.2. The summed E-state index contributed by atoms with van der Waals surface area (Å²) in [5, 5.41) is 0. The number of pyridine rings is 1. The minimum Gasteiger partial charge on any atom is -0.459 e. The number of aromatic nitrogens is 2. The molecule has 190 valence electrons. The number of carbonyl (C=O) groups excluding carboxylic acids is 2. The van der Waals surface area contributed by atoms with Crippen molar-refractivity contribution in [3.63, 3.8) is 0 Å². The molecule has 7 nitrogen and oxygen atoms in total. The van der Waals surface area contributed by atoms with Crippen molar-refractivity contribution in [1.29, 1.82) is 0 Å². The maximum atomic E-state index is 12.7. The molecule has 0 aliphatic carbocycles. The summed E-state index contributed by atoms with van der Waals surface area (Å²) in [5.41, 5.74) is 6.83. The molecular weight excluding hydrogens is 476 g/mol. The quantitative estimate of drug-likeness (QED) is 0.289. The highest BCUT2D eigenvalue weighted by Crippen LogP contribution is 2.29. The third kappa shape index (κ3) is 4.64. The fourth-order valence-electron chi connectivity index (χ4n) is 5.02. The second-order valence-corrected chi connectivity index (χ2v) is 9.60. The highest BCUT2D eigenvalue weighted by atomic mass is 16.3. The van der Waals surface area contributed by atoms with E-state index in [4.69, 9.17) is 9.40 Å². The summed E-state index contributed by atoms with van der Waals surface area (Å²) in [6, 6.07) is 25.5. The van der Waals surface area contributed by atoms with Crippen molar-refractivity contribution < 1.29 is 14.0 Å². The van der Waals surface area contributed by atoms with Gasteiger partial charge in [0.25, 0.3) is 5.91 Å². The summed E-state index contributed by atoms with van der Waals surface area (Å²) in [6.45, 7) is 5.10. The molecule has 1 fully saturated rings. The predicted octanol–water partition coefficient (Wildman–Crippen LogP) is 5.42. The molecule has 6 rings (SSSR count). The minimum atomic E-state index is -0.0603. The third-order valence-electron chi connectivity index (χ3n) is 7.15. The molecule has 0 N–H and O–H groups in total. The van der Waals surface area contributed by atoms with Gasteiger partial charge in [0.15, 0.2) is 11.5 Å². The van der Waals surface area contributed by atoms with E-state index in [9.17, 15) is 9.59 Å². The number of furan rings is 1. The van der Waals surface area contributed by atoms with Crippen LogP contribution in [-0.2, 0) is 6.54 Å². The molecule has 7 heteroatoms. The Morgan fingerprint density at radius 3 is 2.24 bits per heavy atom. The summed E-state index contributed by atoms with van der Waals surface area (Å²) in [7, 11) is 0. The molecule has 0 spiro atoms. The number of imidazole rings is 1. The number of rotatable bonds is 6. The van der Waals surface area contributed by atoms with Gasteiger partial charge < -0.3 is 13.7 Å². The number of benzene rings is 2. The Hall–Kier alpha value is -4.49. The monoisotopic (exact) mass is 504 g/mol. The van der Waals surface area contributed by atoms with Gasteiger partial charge in [-0.15, -0.1) is 0 Å². The summed E-state index contributed by atoms with van der Waals surface area (Å²) in [6.07, 6.45) is 3.66. The Kier molecular flexibility index (Phi) is 6.35. The molecule has 0 saturated carbocycles. The molecule has 4 heterocycles. The van der Waals surface area contributed by atoms with E-state index in [0.717, 1.165) is 46.8 Å². The normalized spacial score (nSPS) is 14.2. The van der Waals surface area contributed by atoms with Crippen molar-refractivity contribution in [3.8, 4) is 22.4 Å². The number of piperazine rings is 1.